The van der Waals surface area contributed by atoms with Gasteiger partial charge in [-0.15, -0.1) is 0 Å². The quantitative estimate of drug-likeness (QED) is 0.892. The van der Waals surface area contributed by atoms with Gasteiger partial charge in [-0.1, -0.05) is 6.07 Å². The van der Waals surface area contributed by atoms with Crippen LogP contribution in [0.4, 0.5) is 0 Å². The Kier molecular flexibility index (Phi) is 4.83. The molecule has 2 atom stereocenters. The molecule has 120 valence electrons. The van der Waals surface area contributed by atoms with Gasteiger partial charge in [0.1, 0.15) is 5.75 Å². The largest absolute Gasteiger partial charge is 0.493 e. The van der Waals surface area contributed by atoms with Crippen LogP contribution >= 0.6 is 0 Å². The van der Waals surface area contributed by atoms with E-state index in [-0.39, 0.29) is 24.3 Å². The predicted octanol–water partition coefficient (Wildman–Crippen LogP) is 1.06. The van der Waals surface area contributed by atoms with Crippen molar-refractivity contribution in [3.63, 3.8) is 0 Å². The van der Waals surface area contributed by atoms with Gasteiger partial charge in [-0.2, -0.15) is 0 Å². The molecule has 1 amide bonds. The molecule has 6 nitrogen and oxygen atoms in total. The number of pyridine rings is 2. The maximum Gasteiger partial charge on any atom is 0.236 e. The van der Waals surface area contributed by atoms with Crippen molar-refractivity contribution >= 4 is 5.91 Å². The fourth-order valence-corrected chi connectivity index (χ4v) is 2.94. The third-order valence-corrected chi connectivity index (χ3v) is 4.15. The maximum atomic E-state index is 11.9. The molecule has 2 aromatic heterocycles. The molecule has 6 heteroatoms. The number of nitrogens with two attached hydrogens (primary N) is 1. The summed E-state index contributed by atoms with van der Waals surface area (Å²) in [7, 11) is 0. The van der Waals surface area contributed by atoms with E-state index >= 15 is 0 Å². The molecule has 0 aliphatic carbocycles. The third kappa shape index (κ3) is 3.65. The van der Waals surface area contributed by atoms with Gasteiger partial charge < -0.3 is 15.4 Å². The van der Waals surface area contributed by atoms with E-state index in [0.29, 0.717) is 19.7 Å². The molecule has 2 aromatic rings. The zero-order valence-electron chi connectivity index (χ0n) is 12.8. The van der Waals surface area contributed by atoms with Gasteiger partial charge >= 0.3 is 0 Å². The minimum atomic E-state index is -0.0302. The van der Waals surface area contributed by atoms with Gasteiger partial charge in [0, 0.05) is 49.2 Å². The van der Waals surface area contributed by atoms with Crippen LogP contribution in [0.2, 0.25) is 0 Å². The van der Waals surface area contributed by atoms with Crippen molar-refractivity contribution in [2.75, 3.05) is 26.2 Å². The molecule has 0 spiro atoms. The molecule has 0 bridgehead atoms. The smallest absolute Gasteiger partial charge is 0.236 e. The van der Waals surface area contributed by atoms with Crippen molar-refractivity contribution < 1.29 is 9.53 Å². The molecule has 2 N–H and O–H groups in total. The molecule has 0 aromatic carbocycles. The van der Waals surface area contributed by atoms with Crippen LogP contribution in [0.1, 0.15) is 11.6 Å². The molecule has 0 radical (unpaired) electrons. The van der Waals surface area contributed by atoms with Gasteiger partial charge in [0.15, 0.2) is 0 Å². The zero-order chi connectivity index (χ0) is 16.1. The topological polar surface area (TPSA) is 81.3 Å². The molecule has 23 heavy (non-hydrogen) atoms. The summed E-state index contributed by atoms with van der Waals surface area (Å²) < 4.78 is 5.87. The number of aromatic nitrogens is 2. The highest BCUT2D eigenvalue weighted by Gasteiger charge is 2.36. The summed E-state index contributed by atoms with van der Waals surface area (Å²) in [5, 5.41) is 0. The molecular formula is C17H20N4O2. The first-order valence-electron chi connectivity index (χ1n) is 7.69. The third-order valence-electron chi connectivity index (χ3n) is 4.15. The summed E-state index contributed by atoms with van der Waals surface area (Å²) >= 11 is 0. The second-order valence-corrected chi connectivity index (χ2v) is 5.62. The lowest BCUT2D eigenvalue weighted by molar-refractivity contribution is -0.128. The SMILES string of the molecule is NCC(=O)N1C[C@@H](COc2ccncc2)[C@H](c2ccccn2)C1. The number of hydrogen-bond acceptors (Lipinski definition) is 5. The van der Waals surface area contributed by atoms with Gasteiger partial charge in [0.25, 0.3) is 0 Å². The first-order chi connectivity index (χ1) is 11.3. The Bertz CT molecular complexity index is 636. The average Bonchev–Trinajstić information content (AvgIpc) is 3.05. The fourth-order valence-electron chi connectivity index (χ4n) is 2.94. The lowest BCUT2D eigenvalue weighted by Crippen LogP contribution is -2.34. The van der Waals surface area contributed by atoms with E-state index in [9.17, 15) is 4.79 Å². The zero-order valence-corrected chi connectivity index (χ0v) is 12.8. The second-order valence-electron chi connectivity index (χ2n) is 5.62. The number of carbonyl (C=O) groups is 1. The van der Waals surface area contributed by atoms with Crippen LogP contribution in [0.3, 0.4) is 0 Å². The Morgan fingerprint density at radius 2 is 2.04 bits per heavy atom. The average molecular weight is 312 g/mol. The monoisotopic (exact) mass is 312 g/mol. The van der Waals surface area contributed by atoms with Crippen molar-refractivity contribution in [1.29, 1.82) is 0 Å². The molecule has 3 rings (SSSR count). The van der Waals surface area contributed by atoms with Gasteiger partial charge in [-0.05, 0) is 24.3 Å². The number of nitrogens with zero attached hydrogens (tertiary/aromatic N) is 3. The summed E-state index contributed by atoms with van der Waals surface area (Å²) in [5.41, 5.74) is 6.49. The van der Waals surface area contributed by atoms with E-state index in [4.69, 9.17) is 10.5 Å². The highest BCUT2D eigenvalue weighted by atomic mass is 16.5. The number of ether oxygens (including phenoxy) is 1. The predicted molar refractivity (Wildman–Crippen MR) is 85.8 cm³/mol. The van der Waals surface area contributed by atoms with Crippen molar-refractivity contribution in [2.45, 2.75) is 5.92 Å². The fraction of sp³-hybridized carbons (Fsp3) is 0.353. The van der Waals surface area contributed by atoms with Crippen LogP contribution in [0.15, 0.2) is 48.9 Å². The van der Waals surface area contributed by atoms with E-state index in [1.54, 1.807) is 23.5 Å². The van der Waals surface area contributed by atoms with Gasteiger partial charge in [-0.25, -0.2) is 0 Å². The Balaban J connectivity index is 1.73. The van der Waals surface area contributed by atoms with Crippen LogP contribution in [-0.4, -0.2) is 47.0 Å². The molecule has 1 fully saturated rings. The Morgan fingerprint density at radius 3 is 2.74 bits per heavy atom. The maximum absolute atomic E-state index is 11.9. The van der Waals surface area contributed by atoms with Gasteiger partial charge in [0.2, 0.25) is 5.91 Å². The summed E-state index contributed by atoms with van der Waals surface area (Å²) in [4.78, 5) is 22.2. The van der Waals surface area contributed by atoms with Crippen LogP contribution in [0.5, 0.6) is 5.75 Å². The van der Waals surface area contributed by atoms with E-state index in [0.717, 1.165) is 11.4 Å². The summed E-state index contributed by atoms with van der Waals surface area (Å²) in [6.07, 6.45) is 5.18. The van der Waals surface area contributed by atoms with Crippen molar-refractivity contribution in [3.05, 3.63) is 54.6 Å². The number of rotatable bonds is 5. The Morgan fingerprint density at radius 1 is 1.22 bits per heavy atom. The lowest BCUT2D eigenvalue weighted by Gasteiger charge is -2.18. The normalized spacial score (nSPS) is 20.5. The van der Waals surface area contributed by atoms with Crippen LogP contribution < -0.4 is 10.5 Å². The minimum Gasteiger partial charge on any atom is -0.493 e. The van der Waals surface area contributed by atoms with Crippen LogP contribution in [-0.2, 0) is 4.79 Å². The van der Waals surface area contributed by atoms with E-state index in [1.165, 1.54) is 0 Å². The highest BCUT2D eigenvalue weighted by molar-refractivity contribution is 5.78. The van der Waals surface area contributed by atoms with Crippen molar-refractivity contribution in [1.82, 2.24) is 14.9 Å². The van der Waals surface area contributed by atoms with Gasteiger partial charge in [0.05, 0.1) is 13.2 Å². The van der Waals surface area contributed by atoms with Crippen LogP contribution in [0, 0.1) is 5.92 Å². The van der Waals surface area contributed by atoms with Crippen molar-refractivity contribution in [3.8, 4) is 5.75 Å². The van der Waals surface area contributed by atoms with Gasteiger partial charge in [-0.3, -0.25) is 14.8 Å². The molecule has 1 saturated heterocycles. The standard InChI is InChI=1S/C17H20N4O2/c18-9-17(22)21-10-13(12-23-14-4-7-19-8-5-14)15(11-21)16-3-1-2-6-20-16/h1-8,13,15H,9-12,18H2/t13-,15+/m0/s1. The van der Waals surface area contributed by atoms with Crippen molar-refractivity contribution in [2.24, 2.45) is 11.7 Å². The first kappa shape index (κ1) is 15.4. The summed E-state index contributed by atoms with van der Waals surface area (Å²) in [5.74, 6) is 1.10. The molecule has 1 aliphatic heterocycles. The molecule has 0 unspecified atom stereocenters. The first-order valence-corrected chi connectivity index (χ1v) is 7.69. The number of hydrogen-bond donors (Lipinski definition) is 1. The molecule has 0 saturated carbocycles. The lowest BCUT2D eigenvalue weighted by atomic mass is 9.93. The van der Waals surface area contributed by atoms with E-state index in [1.807, 2.05) is 30.3 Å². The summed E-state index contributed by atoms with van der Waals surface area (Å²) in [6, 6.07) is 9.52. The highest BCUT2D eigenvalue weighted by Crippen LogP contribution is 2.32. The summed E-state index contributed by atoms with van der Waals surface area (Å²) in [6.45, 7) is 1.84. The number of amides is 1. The van der Waals surface area contributed by atoms with E-state index < -0.39 is 0 Å². The van der Waals surface area contributed by atoms with E-state index in [2.05, 4.69) is 9.97 Å². The Labute approximate surface area is 135 Å². The van der Waals surface area contributed by atoms with Crippen LogP contribution in [0.25, 0.3) is 0 Å². The molecule has 3 heterocycles. The minimum absolute atomic E-state index is 0.0302. The second kappa shape index (κ2) is 7.19. The molecule has 1 aliphatic rings. The Hall–Kier alpha value is -2.47. The number of likely N-dealkylation sites (tertiary alicyclic amines) is 1. The molecular weight excluding hydrogens is 292 g/mol. The number of carbonyl (C=O) groups excluding carboxylic acids is 1.